The highest BCUT2D eigenvalue weighted by atomic mass is 19.4. The average Bonchev–Trinajstić information content (AvgIpc) is 2.27. The summed E-state index contributed by atoms with van der Waals surface area (Å²) in [5.41, 5.74) is 0.427. The highest BCUT2D eigenvalue weighted by molar-refractivity contribution is 5.30. The predicted octanol–water partition coefficient (Wildman–Crippen LogP) is 4.83. The van der Waals surface area contributed by atoms with E-state index in [1.165, 1.54) is 12.1 Å². The third kappa shape index (κ3) is 5.25. The summed E-state index contributed by atoms with van der Waals surface area (Å²) in [7, 11) is 0. The van der Waals surface area contributed by atoms with Gasteiger partial charge in [-0.3, -0.25) is 0 Å². The van der Waals surface area contributed by atoms with E-state index in [9.17, 15) is 13.2 Å². The molecule has 0 amide bonds. The van der Waals surface area contributed by atoms with E-state index in [0.717, 1.165) is 37.0 Å². The van der Waals surface area contributed by atoms with Gasteiger partial charge in [-0.1, -0.05) is 11.6 Å². The van der Waals surface area contributed by atoms with Crippen molar-refractivity contribution >= 4 is 0 Å². The maximum absolute atomic E-state index is 12.4. The van der Waals surface area contributed by atoms with Crippen LogP contribution < -0.4 is 4.74 Å². The molecular weight excluding hydrogens is 241 g/mol. The van der Waals surface area contributed by atoms with Crippen molar-refractivity contribution in [2.24, 2.45) is 0 Å². The Morgan fingerprint density at radius 1 is 1.28 bits per heavy atom. The molecule has 18 heavy (non-hydrogen) atoms. The number of alkyl halides is 3. The fourth-order valence-corrected chi connectivity index (χ4v) is 1.48. The van der Waals surface area contributed by atoms with Gasteiger partial charge >= 0.3 is 6.18 Å². The Hall–Kier alpha value is -1.45. The van der Waals surface area contributed by atoms with Gasteiger partial charge < -0.3 is 4.74 Å². The monoisotopic (exact) mass is 258 g/mol. The predicted molar refractivity (Wildman–Crippen MR) is 65.6 cm³/mol. The van der Waals surface area contributed by atoms with Gasteiger partial charge in [0.05, 0.1) is 12.2 Å². The normalized spacial score (nSPS) is 11.3. The standard InChI is InChI=1S/C14H17F3O/c1-11(2)6-3-4-9-18-13-8-5-7-12(10-13)14(15,16)17/h5,7-8,10H,1,3-4,6,9H2,2H3. The summed E-state index contributed by atoms with van der Waals surface area (Å²) in [6.45, 7) is 6.16. The van der Waals surface area contributed by atoms with Gasteiger partial charge in [-0.2, -0.15) is 13.2 Å². The van der Waals surface area contributed by atoms with E-state index in [-0.39, 0.29) is 5.75 Å². The molecule has 0 atom stereocenters. The van der Waals surface area contributed by atoms with Crippen LogP contribution in [0.5, 0.6) is 5.75 Å². The van der Waals surface area contributed by atoms with Gasteiger partial charge in [0, 0.05) is 0 Å². The van der Waals surface area contributed by atoms with Crippen molar-refractivity contribution < 1.29 is 17.9 Å². The number of halogens is 3. The lowest BCUT2D eigenvalue weighted by molar-refractivity contribution is -0.137. The van der Waals surface area contributed by atoms with Crippen LogP contribution >= 0.6 is 0 Å². The van der Waals surface area contributed by atoms with E-state index in [2.05, 4.69) is 6.58 Å². The first kappa shape index (κ1) is 14.6. The van der Waals surface area contributed by atoms with Crippen molar-refractivity contribution in [3.05, 3.63) is 42.0 Å². The van der Waals surface area contributed by atoms with Gasteiger partial charge in [-0.25, -0.2) is 0 Å². The van der Waals surface area contributed by atoms with Crippen LogP contribution in [0.25, 0.3) is 0 Å². The van der Waals surface area contributed by atoms with Crippen LogP contribution in [0, 0.1) is 0 Å². The van der Waals surface area contributed by atoms with Gasteiger partial charge in [0.2, 0.25) is 0 Å². The molecule has 0 aliphatic rings. The zero-order valence-corrected chi connectivity index (χ0v) is 10.4. The number of benzene rings is 1. The fraction of sp³-hybridized carbons (Fsp3) is 0.429. The van der Waals surface area contributed by atoms with Crippen LogP contribution in [0.2, 0.25) is 0 Å². The summed E-state index contributed by atoms with van der Waals surface area (Å²) < 4.78 is 42.6. The maximum atomic E-state index is 12.4. The van der Waals surface area contributed by atoms with E-state index in [1.807, 2.05) is 6.92 Å². The molecule has 0 aliphatic heterocycles. The third-order valence-electron chi connectivity index (χ3n) is 2.43. The lowest BCUT2D eigenvalue weighted by Gasteiger charge is -2.10. The van der Waals surface area contributed by atoms with Crippen LogP contribution in [0.4, 0.5) is 13.2 Å². The molecule has 0 aromatic heterocycles. The van der Waals surface area contributed by atoms with E-state index < -0.39 is 11.7 Å². The first-order chi connectivity index (χ1) is 8.39. The molecule has 100 valence electrons. The lowest BCUT2D eigenvalue weighted by atomic mass is 10.1. The topological polar surface area (TPSA) is 9.23 Å². The number of allylic oxidation sites excluding steroid dienone is 1. The van der Waals surface area contributed by atoms with E-state index in [0.29, 0.717) is 6.61 Å². The third-order valence-corrected chi connectivity index (χ3v) is 2.43. The Morgan fingerprint density at radius 2 is 2.00 bits per heavy atom. The molecule has 0 saturated heterocycles. The summed E-state index contributed by atoms with van der Waals surface area (Å²) in [4.78, 5) is 0. The first-order valence-electron chi connectivity index (χ1n) is 5.84. The molecule has 1 aromatic rings. The highest BCUT2D eigenvalue weighted by Gasteiger charge is 2.30. The zero-order valence-electron chi connectivity index (χ0n) is 10.4. The molecule has 0 heterocycles. The Kier molecular flexibility index (Phi) is 5.25. The van der Waals surface area contributed by atoms with Crippen LogP contribution in [-0.4, -0.2) is 6.61 Å². The van der Waals surface area contributed by atoms with Gasteiger partial charge in [-0.05, 0) is 44.4 Å². The summed E-state index contributed by atoms with van der Waals surface area (Å²) in [6.07, 6.45) is -1.65. The van der Waals surface area contributed by atoms with Gasteiger partial charge in [-0.15, -0.1) is 6.58 Å². The molecule has 0 saturated carbocycles. The van der Waals surface area contributed by atoms with Crippen LogP contribution in [0.1, 0.15) is 31.7 Å². The summed E-state index contributed by atoms with van der Waals surface area (Å²) >= 11 is 0. The van der Waals surface area contributed by atoms with Crippen LogP contribution in [-0.2, 0) is 6.18 Å². The van der Waals surface area contributed by atoms with E-state index in [4.69, 9.17) is 4.74 Å². The van der Waals surface area contributed by atoms with Crippen LogP contribution in [0.15, 0.2) is 36.4 Å². The highest BCUT2D eigenvalue weighted by Crippen LogP contribution is 2.31. The second-order valence-electron chi connectivity index (χ2n) is 4.29. The Balaban J connectivity index is 2.41. The molecule has 0 N–H and O–H groups in total. The van der Waals surface area contributed by atoms with Crippen molar-refractivity contribution in [2.75, 3.05) is 6.61 Å². The molecule has 0 aliphatic carbocycles. The number of ether oxygens (including phenoxy) is 1. The average molecular weight is 258 g/mol. The number of unbranched alkanes of at least 4 members (excludes halogenated alkanes) is 1. The minimum absolute atomic E-state index is 0.264. The van der Waals surface area contributed by atoms with E-state index in [1.54, 1.807) is 0 Å². The van der Waals surface area contributed by atoms with Gasteiger partial charge in [0.25, 0.3) is 0 Å². The quantitative estimate of drug-likeness (QED) is 0.524. The Bertz CT molecular complexity index is 396. The number of rotatable bonds is 6. The van der Waals surface area contributed by atoms with Crippen molar-refractivity contribution in [1.29, 1.82) is 0 Å². The minimum atomic E-state index is -4.32. The Labute approximate surface area is 105 Å². The van der Waals surface area contributed by atoms with Crippen LogP contribution in [0.3, 0.4) is 0 Å². The molecule has 4 heteroatoms. The number of hydrogen-bond acceptors (Lipinski definition) is 1. The molecule has 0 spiro atoms. The molecule has 1 nitrogen and oxygen atoms in total. The second kappa shape index (κ2) is 6.47. The van der Waals surface area contributed by atoms with Crippen molar-refractivity contribution in [3.63, 3.8) is 0 Å². The molecule has 0 bridgehead atoms. The maximum Gasteiger partial charge on any atom is 0.416 e. The van der Waals surface area contributed by atoms with E-state index >= 15 is 0 Å². The largest absolute Gasteiger partial charge is 0.494 e. The second-order valence-corrected chi connectivity index (χ2v) is 4.29. The summed E-state index contributed by atoms with van der Waals surface area (Å²) in [6, 6.07) is 4.95. The fourth-order valence-electron chi connectivity index (χ4n) is 1.48. The van der Waals surface area contributed by atoms with Crippen molar-refractivity contribution in [3.8, 4) is 5.75 Å². The molecular formula is C14H17F3O. The molecule has 0 unspecified atom stereocenters. The molecule has 1 aromatic carbocycles. The molecule has 1 rings (SSSR count). The first-order valence-corrected chi connectivity index (χ1v) is 5.84. The minimum Gasteiger partial charge on any atom is -0.494 e. The summed E-state index contributed by atoms with van der Waals surface area (Å²) in [5, 5.41) is 0. The number of hydrogen-bond donors (Lipinski definition) is 0. The summed E-state index contributed by atoms with van der Waals surface area (Å²) in [5.74, 6) is 0.264. The molecule has 0 fully saturated rings. The smallest absolute Gasteiger partial charge is 0.416 e. The lowest BCUT2D eigenvalue weighted by Crippen LogP contribution is -2.05. The van der Waals surface area contributed by atoms with Gasteiger partial charge in [0.1, 0.15) is 5.75 Å². The molecule has 0 radical (unpaired) electrons. The van der Waals surface area contributed by atoms with Crippen molar-refractivity contribution in [2.45, 2.75) is 32.4 Å². The van der Waals surface area contributed by atoms with Gasteiger partial charge in [0.15, 0.2) is 0 Å². The van der Waals surface area contributed by atoms with Crippen molar-refractivity contribution in [1.82, 2.24) is 0 Å². The Morgan fingerprint density at radius 3 is 2.61 bits per heavy atom. The zero-order chi connectivity index (χ0) is 13.6. The SMILES string of the molecule is C=C(C)CCCCOc1cccc(C(F)(F)F)c1.